The second-order valence-electron chi connectivity index (χ2n) is 6.51. The summed E-state index contributed by atoms with van der Waals surface area (Å²) < 4.78 is 3.23. The second kappa shape index (κ2) is 4.99. The molecule has 0 amide bonds. The van der Waals surface area contributed by atoms with Gasteiger partial charge >= 0.3 is 0 Å². The van der Waals surface area contributed by atoms with E-state index in [2.05, 4.69) is 39.3 Å². The Labute approximate surface area is 132 Å². The molecule has 0 aromatic carbocycles. The van der Waals surface area contributed by atoms with E-state index in [9.17, 15) is 0 Å². The van der Waals surface area contributed by atoms with Crippen molar-refractivity contribution in [2.45, 2.75) is 51.5 Å². The van der Waals surface area contributed by atoms with Crippen molar-refractivity contribution in [3.05, 3.63) is 22.6 Å². The highest BCUT2D eigenvalue weighted by Crippen LogP contribution is 2.45. The zero-order valence-corrected chi connectivity index (χ0v) is 14.4. The highest BCUT2D eigenvalue weighted by Gasteiger charge is 2.34. The Morgan fingerprint density at radius 1 is 1.50 bits per heavy atom. The molecule has 3 rings (SSSR count). The third kappa shape index (κ3) is 2.48. The van der Waals surface area contributed by atoms with Crippen LogP contribution in [0.4, 0.5) is 0 Å². The molecule has 2 heterocycles. The molecule has 1 fully saturated rings. The number of hydrogen-bond acceptors (Lipinski definition) is 2. The normalized spacial score (nSPS) is 23.4. The average Bonchev–Trinajstić information content (AvgIpc) is 2.88. The largest absolute Gasteiger partial charge is 0.308 e. The lowest BCUT2D eigenvalue weighted by Crippen LogP contribution is -2.13. The monoisotopic (exact) mass is 355 g/mol. The number of nitrogens with zero attached hydrogens (tertiary/aromatic N) is 3. The molecular formula is C15H19BrClN3. The predicted octanol–water partition coefficient (Wildman–Crippen LogP) is 5.24. The van der Waals surface area contributed by atoms with Crippen LogP contribution in [0.3, 0.4) is 0 Å². The Hall–Kier alpha value is -0.610. The van der Waals surface area contributed by atoms with Crippen LogP contribution in [0.1, 0.15) is 57.3 Å². The Morgan fingerprint density at radius 3 is 2.85 bits per heavy atom. The Kier molecular flexibility index (Phi) is 3.57. The topological polar surface area (TPSA) is 30.7 Å². The van der Waals surface area contributed by atoms with Crippen LogP contribution < -0.4 is 0 Å². The van der Waals surface area contributed by atoms with E-state index in [1.165, 1.54) is 12.8 Å². The molecule has 0 radical (unpaired) electrons. The number of rotatable bonds is 2. The predicted molar refractivity (Wildman–Crippen MR) is 86.2 cm³/mol. The van der Waals surface area contributed by atoms with Gasteiger partial charge in [0, 0.05) is 16.7 Å². The SMILES string of the molecule is CC(Cl)c1nc2cc(Br)cnc2n1C1CCC(C)(C)C1. The molecule has 1 saturated carbocycles. The first-order valence-electron chi connectivity index (χ1n) is 7.05. The summed E-state index contributed by atoms with van der Waals surface area (Å²) in [6, 6.07) is 2.47. The van der Waals surface area contributed by atoms with E-state index in [1.807, 2.05) is 19.2 Å². The Morgan fingerprint density at radius 2 is 2.25 bits per heavy atom. The van der Waals surface area contributed by atoms with E-state index < -0.39 is 0 Å². The lowest BCUT2D eigenvalue weighted by molar-refractivity contribution is 0.358. The summed E-state index contributed by atoms with van der Waals surface area (Å²) in [7, 11) is 0. The van der Waals surface area contributed by atoms with Crippen LogP contribution in [0.2, 0.25) is 0 Å². The van der Waals surface area contributed by atoms with Gasteiger partial charge in [-0.05, 0) is 53.6 Å². The molecule has 2 aromatic rings. The van der Waals surface area contributed by atoms with Gasteiger partial charge in [-0.25, -0.2) is 9.97 Å². The van der Waals surface area contributed by atoms with Crippen molar-refractivity contribution in [1.29, 1.82) is 0 Å². The molecule has 5 heteroatoms. The zero-order valence-electron chi connectivity index (χ0n) is 12.0. The molecule has 2 atom stereocenters. The minimum atomic E-state index is -0.105. The van der Waals surface area contributed by atoms with E-state index in [4.69, 9.17) is 16.6 Å². The van der Waals surface area contributed by atoms with Crippen LogP contribution in [-0.2, 0) is 0 Å². The van der Waals surface area contributed by atoms with E-state index in [-0.39, 0.29) is 5.38 Å². The van der Waals surface area contributed by atoms with Gasteiger partial charge in [0.2, 0.25) is 0 Å². The number of hydrogen-bond donors (Lipinski definition) is 0. The van der Waals surface area contributed by atoms with Crippen LogP contribution in [0.25, 0.3) is 11.2 Å². The fraction of sp³-hybridized carbons (Fsp3) is 0.600. The van der Waals surface area contributed by atoms with E-state index in [0.717, 1.165) is 27.9 Å². The maximum absolute atomic E-state index is 6.35. The van der Waals surface area contributed by atoms with Crippen molar-refractivity contribution >= 4 is 38.7 Å². The van der Waals surface area contributed by atoms with Gasteiger partial charge in [0.05, 0.1) is 5.38 Å². The second-order valence-corrected chi connectivity index (χ2v) is 8.08. The third-order valence-corrected chi connectivity index (χ3v) is 4.82. The van der Waals surface area contributed by atoms with E-state index in [0.29, 0.717) is 11.5 Å². The van der Waals surface area contributed by atoms with Crippen LogP contribution in [0, 0.1) is 5.41 Å². The number of halogens is 2. The van der Waals surface area contributed by atoms with Gasteiger partial charge in [0.15, 0.2) is 5.65 Å². The lowest BCUT2D eigenvalue weighted by Gasteiger charge is -2.20. The molecule has 0 saturated heterocycles. The summed E-state index contributed by atoms with van der Waals surface area (Å²) >= 11 is 9.81. The summed E-state index contributed by atoms with van der Waals surface area (Å²) in [6.07, 6.45) is 5.41. The molecule has 1 aliphatic carbocycles. The van der Waals surface area contributed by atoms with Crippen molar-refractivity contribution in [2.75, 3.05) is 0 Å². The highest BCUT2D eigenvalue weighted by molar-refractivity contribution is 9.10. The van der Waals surface area contributed by atoms with Gasteiger partial charge in [0.1, 0.15) is 11.3 Å². The molecule has 0 spiro atoms. The van der Waals surface area contributed by atoms with Gasteiger partial charge in [-0.15, -0.1) is 11.6 Å². The Bertz CT molecular complexity index is 648. The molecule has 0 aliphatic heterocycles. The fourth-order valence-corrected chi connectivity index (χ4v) is 3.71. The third-order valence-electron chi connectivity index (χ3n) is 4.19. The number of pyridine rings is 1. The first-order chi connectivity index (χ1) is 9.37. The van der Waals surface area contributed by atoms with Crippen molar-refractivity contribution in [2.24, 2.45) is 5.41 Å². The number of imidazole rings is 1. The summed E-state index contributed by atoms with van der Waals surface area (Å²) in [4.78, 5) is 9.27. The molecule has 3 nitrogen and oxygen atoms in total. The standard InChI is InChI=1S/C15H19BrClN3/c1-9(17)13-19-12-6-10(16)8-18-14(12)20(13)11-4-5-15(2,3)7-11/h6,8-9,11H,4-5,7H2,1-3H3. The van der Waals surface area contributed by atoms with Crippen LogP contribution in [-0.4, -0.2) is 14.5 Å². The van der Waals surface area contributed by atoms with Crippen LogP contribution in [0.15, 0.2) is 16.7 Å². The van der Waals surface area contributed by atoms with Gasteiger partial charge in [-0.2, -0.15) is 0 Å². The van der Waals surface area contributed by atoms with Gasteiger partial charge in [-0.1, -0.05) is 13.8 Å². The zero-order chi connectivity index (χ0) is 14.5. The Balaban J connectivity index is 2.15. The van der Waals surface area contributed by atoms with Crippen molar-refractivity contribution in [3.8, 4) is 0 Å². The van der Waals surface area contributed by atoms with Crippen molar-refractivity contribution in [1.82, 2.24) is 14.5 Å². The van der Waals surface area contributed by atoms with E-state index in [1.54, 1.807) is 0 Å². The summed E-state index contributed by atoms with van der Waals surface area (Å²) in [5, 5.41) is -0.105. The average molecular weight is 357 g/mol. The highest BCUT2D eigenvalue weighted by atomic mass is 79.9. The van der Waals surface area contributed by atoms with Crippen molar-refractivity contribution in [3.63, 3.8) is 0 Å². The molecule has 2 unspecified atom stereocenters. The molecule has 20 heavy (non-hydrogen) atoms. The van der Waals surface area contributed by atoms with Crippen LogP contribution in [0.5, 0.6) is 0 Å². The summed E-state index contributed by atoms with van der Waals surface area (Å²) in [6.45, 7) is 6.65. The summed E-state index contributed by atoms with van der Waals surface area (Å²) in [5.41, 5.74) is 2.27. The number of fused-ring (bicyclic) bond motifs is 1. The van der Waals surface area contributed by atoms with Gasteiger partial charge in [0.25, 0.3) is 0 Å². The number of alkyl halides is 1. The minimum absolute atomic E-state index is 0.105. The maximum Gasteiger partial charge on any atom is 0.160 e. The van der Waals surface area contributed by atoms with Crippen LogP contribution >= 0.6 is 27.5 Å². The molecule has 0 bridgehead atoms. The van der Waals surface area contributed by atoms with Crippen molar-refractivity contribution < 1.29 is 0 Å². The molecule has 0 N–H and O–H groups in total. The van der Waals surface area contributed by atoms with Gasteiger partial charge < -0.3 is 4.57 Å². The smallest absolute Gasteiger partial charge is 0.160 e. The van der Waals surface area contributed by atoms with E-state index >= 15 is 0 Å². The molecule has 2 aromatic heterocycles. The summed E-state index contributed by atoms with van der Waals surface area (Å²) in [5.74, 6) is 0.940. The first-order valence-corrected chi connectivity index (χ1v) is 8.28. The minimum Gasteiger partial charge on any atom is -0.308 e. The maximum atomic E-state index is 6.35. The molecule has 1 aliphatic rings. The lowest BCUT2D eigenvalue weighted by atomic mass is 9.92. The number of aromatic nitrogens is 3. The fourth-order valence-electron chi connectivity index (χ4n) is 3.24. The molecular weight excluding hydrogens is 338 g/mol. The first kappa shape index (κ1) is 14.3. The quantitative estimate of drug-likeness (QED) is 0.688. The molecule has 108 valence electrons. The van der Waals surface area contributed by atoms with Gasteiger partial charge in [-0.3, -0.25) is 0 Å².